The van der Waals surface area contributed by atoms with Crippen LogP contribution in [0.4, 0.5) is 5.69 Å². The van der Waals surface area contributed by atoms with Crippen LogP contribution in [-0.4, -0.2) is 79.1 Å². The molecular weight excluding hydrogens is 480 g/mol. The third-order valence-corrected chi connectivity index (χ3v) is 7.09. The zero-order chi connectivity index (χ0) is 25.5. The van der Waals surface area contributed by atoms with Crippen LogP contribution in [0.5, 0.6) is 0 Å². The van der Waals surface area contributed by atoms with E-state index in [4.69, 9.17) is 16.3 Å². The van der Waals surface area contributed by atoms with E-state index in [1.165, 1.54) is 0 Å². The lowest BCUT2D eigenvalue weighted by Crippen LogP contribution is -2.57. The van der Waals surface area contributed by atoms with Crippen LogP contribution < -0.4 is 10.2 Å². The fourth-order valence-electron chi connectivity index (χ4n) is 4.98. The third kappa shape index (κ3) is 5.65. The molecule has 1 spiro atoms. The number of halogens is 1. The Labute approximate surface area is 217 Å². The smallest absolute Gasteiger partial charge is 0.253 e. The average Bonchev–Trinajstić information content (AvgIpc) is 3.15. The van der Waals surface area contributed by atoms with Gasteiger partial charge in [0.05, 0.1) is 6.67 Å². The van der Waals surface area contributed by atoms with Crippen molar-refractivity contribution in [1.29, 1.82) is 0 Å². The fourth-order valence-corrected chi connectivity index (χ4v) is 5.17. The molecule has 0 atom stereocenters. The minimum Gasteiger partial charge on any atom is -0.382 e. The second-order valence-electron chi connectivity index (χ2n) is 9.14. The van der Waals surface area contributed by atoms with Crippen LogP contribution in [0.3, 0.4) is 0 Å². The first kappa shape index (κ1) is 26.0. The summed E-state index contributed by atoms with van der Waals surface area (Å²) in [6.07, 6.45) is 1.70. The van der Waals surface area contributed by atoms with Crippen molar-refractivity contribution in [3.63, 3.8) is 0 Å². The molecule has 2 aromatic rings. The van der Waals surface area contributed by atoms with E-state index in [9.17, 15) is 14.4 Å². The number of rotatable bonds is 9. The zero-order valence-corrected chi connectivity index (χ0v) is 21.4. The number of carbonyl (C=O) groups is 3. The van der Waals surface area contributed by atoms with E-state index in [1.807, 2.05) is 37.3 Å². The molecule has 2 fully saturated rings. The number of anilines is 1. The van der Waals surface area contributed by atoms with Crippen molar-refractivity contribution in [2.75, 3.05) is 51.0 Å². The summed E-state index contributed by atoms with van der Waals surface area (Å²) in [4.78, 5) is 44.9. The maximum atomic E-state index is 13.8. The predicted molar refractivity (Wildman–Crippen MR) is 139 cm³/mol. The van der Waals surface area contributed by atoms with E-state index in [0.29, 0.717) is 62.9 Å². The second kappa shape index (κ2) is 11.8. The van der Waals surface area contributed by atoms with Crippen LogP contribution >= 0.6 is 11.6 Å². The lowest BCUT2D eigenvalue weighted by molar-refractivity contribution is -0.137. The number of amides is 3. The van der Waals surface area contributed by atoms with E-state index in [0.717, 1.165) is 12.1 Å². The van der Waals surface area contributed by atoms with Gasteiger partial charge in [0.25, 0.3) is 11.8 Å². The highest BCUT2D eigenvalue weighted by molar-refractivity contribution is 6.31. The van der Waals surface area contributed by atoms with Crippen molar-refractivity contribution in [3.8, 4) is 0 Å². The molecule has 0 bridgehead atoms. The Bertz CT molecular complexity index is 1070. The van der Waals surface area contributed by atoms with Gasteiger partial charge in [-0.15, -0.1) is 0 Å². The summed E-state index contributed by atoms with van der Waals surface area (Å²) in [6.45, 7) is 4.90. The summed E-state index contributed by atoms with van der Waals surface area (Å²) < 4.78 is 5.31. The lowest BCUT2D eigenvalue weighted by atomic mass is 9.85. The second-order valence-corrected chi connectivity index (χ2v) is 9.58. The highest BCUT2D eigenvalue weighted by Crippen LogP contribution is 2.39. The monoisotopic (exact) mass is 512 g/mol. The summed E-state index contributed by atoms with van der Waals surface area (Å²) in [6, 6.07) is 16.7. The lowest BCUT2D eigenvalue weighted by Gasteiger charge is -2.43. The van der Waals surface area contributed by atoms with Crippen LogP contribution in [0.25, 0.3) is 0 Å². The Balaban J connectivity index is 1.46. The number of para-hydroxylation sites is 1. The largest absolute Gasteiger partial charge is 0.382 e. The number of nitrogens with zero attached hydrogens (tertiary/aromatic N) is 3. The zero-order valence-electron chi connectivity index (χ0n) is 20.6. The minimum atomic E-state index is -0.790. The number of benzene rings is 2. The van der Waals surface area contributed by atoms with Gasteiger partial charge in [-0.1, -0.05) is 35.9 Å². The number of ether oxygens (including phenoxy) is 1. The Kier molecular flexibility index (Phi) is 8.48. The Morgan fingerprint density at radius 3 is 2.53 bits per heavy atom. The molecule has 8 nitrogen and oxygen atoms in total. The van der Waals surface area contributed by atoms with Gasteiger partial charge in [-0.2, -0.15) is 0 Å². The van der Waals surface area contributed by atoms with Crippen molar-refractivity contribution in [2.24, 2.45) is 0 Å². The van der Waals surface area contributed by atoms with Crippen LogP contribution in [-0.2, 0) is 14.3 Å². The summed E-state index contributed by atoms with van der Waals surface area (Å²) in [7, 11) is 0. The van der Waals surface area contributed by atoms with E-state index in [-0.39, 0.29) is 24.3 Å². The maximum Gasteiger partial charge on any atom is 0.253 e. The molecule has 2 aromatic carbocycles. The first-order valence-electron chi connectivity index (χ1n) is 12.5. The van der Waals surface area contributed by atoms with Crippen LogP contribution in [0.1, 0.15) is 36.5 Å². The third-order valence-electron chi connectivity index (χ3n) is 6.86. The van der Waals surface area contributed by atoms with Gasteiger partial charge in [-0.3, -0.25) is 14.4 Å². The topological polar surface area (TPSA) is 82.2 Å². The summed E-state index contributed by atoms with van der Waals surface area (Å²) in [5, 5.41) is 3.40. The molecular formula is C27H33ClN4O4. The molecule has 2 aliphatic rings. The maximum absolute atomic E-state index is 13.8. The Morgan fingerprint density at radius 2 is 1.83 bits per heavy atom. The number of carbonyl (C=O) groups excluding carboxylic acids is 3. The summed E-state index contributed by atoms with van der Waals surface area (Å²) >= 11 is 6.08. The van der Waals surface area contributed by atoms with Gasteiger partial charge >= 0.3 is 0 Å². The van der Waals surface area contributed by atoms with Gasteiger partial charge in [0.1, 0.15) is 12.1 Å². The van der Waals surface area contributed by atoms with Gasteiger partial charge in [-0.25, -0.2) is 0 Å². The minimum absolute atomic E-state index is 0.00368. The quantitative estimate of drug-likeness (QED) is 0.522. The van der Waals surface area contributed by atoms with Crippen molar-refractivity contribution in [1.82, 2.24) is 15.1 Å². The molecule has 2 heterocycles. The van der Waals surface area contributed by atoms with Crippen molar-refractivity contribution < 1.29 is 19.1 Å². The van der Waals surface area contributed by atoms with E-state index >= 15 is 0 Å². The fraction of sp³-hybridized carbons (Fsp3) is 0.444. The molecule has 2 aliphatic heterocycles. The predicted octanol–water partition coefficient (Wildman–Crippen LogP) is 3.16. The average molecular weight is 513 g/mol. The standard InChI is InChI=1S/C27H33ClN4O4/c1-2-36-17-7-14-29-24(33)19-31-20-32(23-10-4-3-5-11-23)27(26(31)35)12-15-30(16-13-27)25(34)21-8-6-9-22(28)18-21/h3-6,8-11,18H,2,7,12-17,19-20H2,1H3,(H,29,33). The van der Waals surface area contributed by atoms with E-state index in [1.54, 1.807) is 34.1 Å². The number of hydrogen-bond acceptors (Lipinski definition) is 5. The van der Waals surface area contributed by atoms with Crippen LogP contribution in [0.15, 0.2) is 54.6 Å². The van der Waals surface area contributed by atoms with E-state index in [2.05, 4.69) is 10.2 Å². The molecule has 1 N–H and O–H groups in total. The molecule has 3 amide bonds. The van der Waals surface area contributed by atoms with Crippen molar-refractivity contribution >= 4 is 35.0 Å². The molecule has 36 heavy (non-hydrogen) atoms. The molecule has 2 saturated heterocycles. The van der Waals surface area contributed by atoms with Gasteiger partial charge < -0.3 is 24.8 Å². The van der Waals surface area contributed by atoms with Gasteiger partial charge in [0.15, 0.2) is 0 Å². The normalized spacial score (nSPS) is 17.1. The molecule has 0 saturated carbocycles. The summed E-state index contributed by atoms with van der Waals surface area (Å²) in [5.41, 5.74) is 0.681. The number of likely N-dealkylation sites (tertiary alicyclic amines) is 1. The molecule has 0 radical (unpaired) electrons. The molecule has 0 aliphatic carbocycles. The number of piperidine rings is 1. The highest BCUT2D eigenvalue weighted by atomic mass is 35.5. The molecule has 9 heteroatoms. The van der Waals surface area contributed by atoms with Crippen LogP contribution in [0, 0.1) is 0 Å². The van der Waals surface area contributed by atoms with Crippen molar-refractivity contribution in [2.45, 2.75) is 31.7 Å². The molecule has 192 valence electrons. The highest BCUT2D eigenvalue weighted by Gasteiger charge is 2.54. The van der Waals surface area contributed by atoms with Gasteiger partial charge in [0, 0.05) is 49.1 Å². The molecule has 0 aromatic heterocycles. The SMILES string of the molecule is CCOCCCNC(=O)CN1CN(c2ccccc2)C2(CCN(C(=O)c3cccc(Cl)c3)CC2)C1=O. The Hall–Kier alpha value is -3.10. The first-order valence-corrected chi connectivity index (χ1v) is 12.8. The first-order chi connectivity index (χ1) is 17.4. The Morgan fingerprint density at radius 1 is 1.08 bits per heavy atom. The van der Waals surface area contributed by atoms with Gasteiger partial charge in [-0.05, 0) is 56.5 Å². The molecule has 4 rings (SSSR count). The number of hydrogen-bond donors (Lipinski definition) is 1. The van der Waals surface area contributed by atoms with Crippen LogP contribution in [0.2, 0.25) is 5.02 Å². The van der Waals surface area contributed by atoms with E-state index < -0.39 is 5.54 Å². The summed E-state index contributed by atoms with van der Waals surface area (Å²) in [5.74, 6) is -0.337. The van der Waals surface area contributed by atoms with Gasteiger partial charge in [0.2, 0.25) is 5.91 Å². The molecule has 0 unspecified atom stereocenters. The van der Waals surface area contributed by atoms with Crippen molar-refractivity contribution in [3.05, 3.63) is 65.2 Å². The number of nitrogens with one attached hydrogen (secondary N) is 1.